The molecule has 104 valence electrons. The number of anilines is 1. The first-order chi connectivity index (χ1) is 9.20. The lowest BCUT2D eigenvalue weighted by atomic mass is 10.0. The van der Waals surface area contributed by atoms with Gasteiger partial charge in [0.25, 0.3) is 0 Å². The lowest BCUT2D eigenvalue weighted by Crippen LogP contribution is -2.20. The van der Waals surface area contributed by atoms with Crippen molar-refractivity contribution < 1.29 is 14.6 Å². The Labute approximate surface area is 114 Å². The Morgan fingerprint density at radius 3 is 3.00 bits per heavy atom. The summed E-state index contributed by atoms with van der Waals surface area (Å²) >= 11 is 0. The van der Waals surface area contributed by atoms with Crippen LogP contribution >= 0.6 is 0 Å². The normalized spacial score (nSPS) is 18.6. The highest BCUT2D eigenvalue weighted by molar-refractivity contribution is 5.66. The van der Waals surface area contributed by atoms with Gasteiger partial charge in [-0.2, -0.15) is 0 Å². The fraction of sp³-hybridized carbons (Fsp3) is 0.533. The molecule has 0 amide bonds. The highest BCUT2D eigenvalue weighted by Crippen LogP contribution is 2.33. The summed E-state index contributed by atoms with van der Waals surface area (Å²) in [5.41, 5.74) is 1.13. The molecule has 0 aliphatic carbocycles. The van der Waals surface area contributed by atoms with Crippen LogP contribution in [0.4, 0.5) is 5.69 Å². The van der Waals surface area contributed by atoms with Gasteiger partial charge in [0.1, 0.15) is 5.75 Å². The molecule has 1 N–H and O–H groups in total. The van der Waals surface area contributed by atoms with Gasteiger partial charge in [-0.1, -0.05) is 12.1 Å². The van der Waals surface area contributed by atoms with E-state index in [1.54, 1.807) is 0 Å². The van der Waals surface area contributed by atoms with Gasteiger partial charge in [-0.15, -0.1) is 0 Å². The quantitative estimate of drug-likeness (QED) is 0.857. The fourth-order valence-electron chi connectivity index (χ4n) is 2.61. The van der Waals surface area contributed by atoms with Crippen LogP contribution in [0.15, 0.2) is 24.3 Å². The van der Waals surface area contributed by atoms with Crippen molar-refractivity contribution in [1.82, 2.24) is 0 Å². The smallest absolute Gasteiger partial charge is 0.303 e. The van der Waals surface area contributed by atoms with Gasteiger partial charge >= 0.3 is 5.97 Å². The summed E-state index contributed by atoms with van der Waals surface area (Å²) in [6.07, 6.45) is 2.10. The summed E-state index contributed by atoms with van der Waals surface area (Å²) in [5, 5.41) is 8.74. The molecule has 1 saturated heterocycles. The molecule has 1 aromatic rings. The first-order valence-electron chi connectivity index (χ1n) is 6.89. The van der Waals surface area contributed by atoms with Crippen LogP contribution in [-0.2, 0) is 4.79 Å². The molecule has 1 heterocycles. The van der Waals surface area contributed by atoms with E-state index in [-0.39, 0.29) is 6.42 Å². The zero-order chi connectivity index (χ0) is 13.7. The van der Waals surface area contributed by atoms with Crippen molar-refractivity contribution in [2.24, 2.45) is 5.92 Å². The lowest BCUT2D eigenvalue weighted by Gasteiger charge is -2.21. The topological polar surface area (TPSA) is 49.8 Å². The Kier molecular flexibility index (Phi) is 4.66. The summed E-state index contributed by atoms with van der Waals surface area (Å²) < 4.78 is 5.65. The van der Waals surface area contributed by atoms with Crippen LogP contribution in [0.3, 0.4) is 0 Å². The van der Waals surface area contributed by atoms with Crippen molar-refractivity contribution in [1.29, 1.82) is 0 Å². The predicted molar refractivity (Wildman–Crippen MR) is 74.8 cm³/mol. The van der Waals surface area contributed by atoms with Gasteiger partial charge in [-0.3, -0.25) is 4.79 Å². The van der Waals surface area contributed by atoms with Gasteiger partial charge in [0.2, 0.25) is 0 Å². The summed E-state index contributed by atoms with van der Waals surface area (Å²) in [7, 11) is 0. The molecule has 19 heavy (non-hydrogen) atoms. The number of carboxylic acid groups (broad SMARTS) is 1. The van der Waals surface area contributed by atoms with E-state index in [9.17, 15) is 4.79 Å². The van der Waals surface area contributed by atoms with E-state index >= 15 is 0 Å². The minimum Gasteiger partial charge on any atom is -0.492 e. The molecule has 4 nitrogen and oxygen atoms in total. The van der Waals surface area contributed by atoms with Crippen molar-refractivity contribution in [3.63, 3.8) is 0 Å². The molecule has 1 aliphatic heterocycles. The Morgan fingerprint density at radius 1 is 1.47 bits per heavy atom. The van der Waals surface area contributed by atoms with Gasteiger partial charge in [0, 0.05) is 19.5 Å². The second kappa shape index (κ2) is 6.45. The molecule has 0 bridgehead atoms. The third kappa shape index (κ3) is 3.63. The maximum Gasteiger partial charge on any atom is 0.303 e. The van der Waals surface area contributed by atoms with Gasteiger partial charge in [0.15, 0.2) is 0 Å². The number of carboxylic acids is 1. The summed E-state index contributed by atoms with van der Waals surface area (Å²) in [4.78, 5) is 12.9. The van der Waals surface area contributed by atoms with E-state index < -0.39 is 5.97 Å². The number of benzene rings is 1. The highest BCUT2D eigenvalue weighted by Gasteiger charge is 2.24. The number of carbonyl (C=O) groups is 1. The molecule has 1 aliphatic rings. The zero-order valence-electron chi connectivity index (χ0n) is 11.3. The van der Waals surface area contributed by atoms with E-state index in [4.69, 9.17) is 9.84 Å². The molecule has 1 fully saturated rings. The number of hydrogen-bond donors (Lipinski definition) is 1. The third-order valence-corrected chi connectivity index (χ3v) is 3.56. The highest BCUT2D eigenvalue weighted by atomic mass is 16.5. The number of rotatable bonds is 6. The van der Waals surface area contributed by atoms with E-state index in [1.807, 2.05) is 25.1 Å². The van der Waals surface area contributed by atoms with Gasteiger partial charge in [-0.25, -0.2) is 0 Å². The van der Waals surface area contributed by atoms with Gasteiger partial charge in [0.05, 0.1) is 12.3 Å². The van der Waals surface area contributed by atoms with E-state index in [1.165, 1.54) is 0 Å². The fourth-order valence-corrected chi connectivity index (χ4v) is 2.61. The molecule has 0 spiro atoms. The molecule has 1 unspecified atom stereocenters. The molecular formula is C15H21NO3. The monoisotopic (exact) mass is 263 g/mol. The minimum absolute atomic E-state index is 0.269. The average Bonchev–Trinajstić information content (AvgIpc) is 2.86. The van der Waals surface area contributed by atoms with Gasteiger partial charge < -0.3 is 14.7 Å². The SMILES string of the molecule is CCOc1ccccc1N1CCC(CCC(=O)O)C1. The molecule has 1 atom stereocenters. The van der Waals surface area contributed by atoms with Crippen LogP contribution in [0.1, 0.15) is 26.2 Å². The molecule has 4 heteroatoms. The van der Waals surface area contributed by atoms with Crippen molar-refractivity contribution in [3.8, 4) is 5.75 Å². The number of nitrogens with zero attached hydrogens (tertiary/aromatic N) is 1. The van der Waals surface area contributed by atoms with Crippen molar-refractivity contribution in [2.45, 2.75) is 26.2 Å². The predicted octanol–water partition coefficient (Wildman–Crippen LogP) is 2.78. The van der Waals surface area contributed by atoms with Crippen LogP contribution in [-0.4, -0.2) is 30.8 Å². The third-order valence-electron chi connectivity index (χ3n) is 3.56. The Hall–Kier alpha value is -1.71. The Bertz CT molecular complexity index is 433. The van der Waals surface area contributed by atoms with Crippen molar-refractivity contribution >= 4 is 11.7 Å². The zero-order valence-corrected chi connectivity index (χ0v) is 11.3. The number of hydrogen-bond acceptors (Lipinski definition) is 3. The average molecular weight is 263 g/mol. The van der Waals surface area contributed by atoms with E-state index in [0.29, 0.717) is 12.5 Å². The number of ether oxygens (including phenoxy) is 1. The molecule has 1 aromatic carbocycles. The molecular weight excluding hydrogens is 242 g/mol. The lowest BCUT2D eigenvalue weighted by molar-refractivity contribution is -0.137. The molecule has 0 aromatic heterocycles. The second-order valence-corrected chi connectivity index (χ2v) is 4.93. The van der Waals surface area contributed by atoms with Gasteiger partial charge in [-0.05, 0) is 37.8 Å². The second-order valence-electron chi connectivity index (χ2n) is 4.93. The Balaban J connectivity index is 1.98. The maximum atomic E-state index is 10.6. The minimum atomic E-state index is -0.701. The summed E-state index contributed by atoms with van der Waals surface area (Å²) in [6, 6.07) is 8.06. The summed E-state index contributed by atoms with van der Waals surface area (Å²) in [5.74, 6) is 0.697. The van der Waals surface area contributed by atoms with Crippen molar-refractivity contribution in [3.05, 3.63) is 24.3 Å². The standard InChI is InChI=1S/C15H21NO3/c1-2-19-14-6-4-3-5-13(14)16-10-9-12(11-16)7-8-15(17)18/h3-6,12H,2,7-11H2,1H3,(H,17,18). The van der Waals surface area contributed by atoms with Crippen LogP contribution in [0.5, 0.6) is 5.75 Å². The number of aliphatic carboxylic acids is 1. The molecule has 0 saturated carbocycles. The first-order valence-corrected chi connectivity index (χ1v) is 6.89. The van der Waals surface area contributed by atoms with Crippen LogP contribution < -0.4 is 9.64 Å². The van der Waals surface area contributed by atoms with Crippen LogP contribution in [0, 0.1) is 5.92 Å². The molecule has 2 rings (SSSR count). The molecule has 0 radical (unpaired) electrons. The Morgan fingerprint density at radius 2 is 2.26 bits per heavy atom. The van der Waals surface area contributed by atoms with Crippen molar-refractivity contribution in [2.75, 3.05) is 24.6 Å². The summed E-state index contributed by atoms with van der Waals surface area (Å²) in [6.45, 7) is 4.55. The first kappa shape index (κ1) is 13.7. The van der Waals surface area contributed by atoms with Crippen LogP contribution in [0.25, 0.3) is 0 Å². The van der Waals surface area contributed by atoms with E-state index in [2.05, 4.69) is 11.0 Å². The number of para-hydroxylation sites is 2. The largest absolute Gasteiger partial charge is 0.492 e. The van der Waals surface area contributed by atoms with E-state index in [0.717, 1.165) is 37.4 Å². The maximum absolute atomic E-state index is 10.6. The van der Waals surface area contributed by atoms with Crippen LogP contribution in [0.2, 0.25) is 0 Å².